The number of amides is 1. The van der Waals surface area contributed by atoms with Gasteiger partial charge in [0.2, 0.25) is 5.91 Å². The molecule has 0 radical (unpaired) electrons. The molecule has 0 spiro atoms. The molecule has 1 aliphatic rings. The van der Waals surface area contributed by atoms with Gasteiger partial charge < -0.3 is 11.1 Å². The summed E-state index contributed by atoms with van der Waals surface area (Å²) in [4.78, 5) is 12.2. The van der Waals surface area contributed by atoms with Gasteiger partial charge in [-0.2, -0.15) is 0 Å². The summed E-state index contributed by atoms with van der Waals surface area (Å²) in [5.74, 6) is -0.647. The summed E-state index contributed by atoms with van der Waals surface area (Å²) >= 11 is 3.25. The van der Waals surface area contributed by atoms with Crippen LogP contribution in [0.25, 0.3) is 0 Å². The largest absolute Gasteiger partial charge is 0.327 e. The number of rotatable bonds is 2. The smallest absolute Gasteiger partial charge is 0.231 e. The molecule has 98 valence electrons. The molecule has 18 heavy (non-hydrogen) atoms. The molecular formula is C13H16BrFN2O. The maximum Gasteiger partial charge on any atom is 0.231 e. The number of hydrogen-bond acceptors (Lipinski definition) is 2. The zero-order valence-electron chi connectivity index (χ0n) is 10.2. The first-order valence-electron chi connectivity index (χ1n) is 5.95. The summed E-state index contributed by atoms with van der Waals surface area (Å²) in [5, 5.41) is 2.64. The van der Waals surface area contributed by atoms with Crippen LogP contribution < -0.4 is 11.1 Å². The van der Waals surface area contributed by atoms with Crippen molar-refractivity contribution in [3.8, 4) is 0 Å². The Kier molecular flexibility index (Phi) is 3.73. The highest BCUT2D eigenvalue weighted by Gasteiger charge is 2.43. The molecule has 3 nitrogen and oxygen atoms in total. The predicted molar refractivity (Wildman–Crippen MR) is 72.7 cm³/mol. The number of hydrogen-bond donors (Lipinski definition) is 2. The number of carbonyl (C=O) groups is 1. The predicted octanol–water partition coefficient (Wildman–Crippen LogP) is 3.04. The molecular weight excluding hydrogens is 299 g/mol. The number of nitrogens with one attached hydrogen (secondary N) is 1. The second-order valence-corrected chi connectivity index (χ2v) is 5.91. The summed E-state index contributed by atoms with van der Waals surface area (Å²) in [7, 11) is 0. The summed E-state index contributed by atoms with van der Waals surface area (Å²) in [6.07, 6.45) is 2.52. The average molecular weight is 315 g/mol. The lowest BCUT2D eigenvalue weighted by Gasteiger charge is -2.27. The molecule has 2 rings (SSSR count). The molecule has 0 heterocycles. The fourth-order valence-electron chi connectivity index (χ4n) is 2.33. The van der Waals surface area contributed by atoms with Gasteiger partial charge in [-0.3, -0.25) is 4.79 Å². The van der Waals surface area contributed by atoms with E-state index in [9.17, 15) is 9.18 Å². The van der Waals surface area contributed by atoms with Gasteiger partial charge in [0.05, 0.1) is 11.1 Å². The number of nitrogens with two attached hydrogens (primary N) is 1. The highest BCUT2D eigenvalue weighted by Crippen LogP contribution is 2.38. The summed E-state index contributed by atoms with van der Waals surface area (Å²) in [6, 6.07) is 4.30. The van der Waals surface area contributed by atoms with Crippen LogP contribution in [0.2, 0.25) is 0 Å². The molecule has 1 amide bonds. The molecule has 1 aromatic carbocycles. The van der Waals surface area contributed by atoms with Gasteiger partial charge in [-0.15, -0.1) is 0 Å². The molecule has 2 atom stereocenters. The molecule has 1 aliphatic carbocycles. The van der Waals surface area contributed by atoms with Crippen molar-refractivity contribution in [1.82, 2.24) is 0 Å². The van der Waals surface area contributed by atoms with Gasteiger partial charge in [0.15, 0.2) is 0 Å². The Morgan fingerprint density at radius 1 is 1.61 bits per heavy atom. The van der Waals surface area contributed by atoms with Crippen molar-refractivity contribution < 1.29 is 9.18 Å². The van der Waals surface area contributed by atoms with E-state index >= 15 is 0 Å². The standard InChI is InChI=1S/C13H16BrFN2O/c1-13(6-2-3-11(13)16)12(18)17-10-7-8(14)4-5-9(10)15/h4-5,7,11H,2-3,6,16H2,1H3,(H,17,18). The quantitative estimate of drug-likeness (QED) is 0.881. The molecule has 1 saturated carbocycles. The van der Waals surface area contributed by atoms with Crippen LogP contribution in [-0.2, 0) is 4.79 Å². The third-order valence-corrected chi connectivity index (χ3v) is 4.22. The van der Waals surface area contributed by atoms with Crippen molar-refractivity contribution in [3.05, 3.63) is 28.5 Å². The monoisotopic (exact) mass is 314 g/mol. The average Bonchev–Trinajstić information content (AvgIpc) is 2.66. The van der Waals surface area contributed by atoms with E-state index in [1.165, 1.54) is 6.07 Å². The summed E-state index contributed by atoms with van der Waals surface area (Å²) in [6.45, 7) is 1.84. The van der Waals surface area contributed by atoms with Crippen LogP contribution in [0.4, 0.5) is 10.1 Å². The van der Waals surface area contributed by atoms with Crippen LogP contribution >= 0.6 is 15.9 Å². The van der Waals surface area contributed by atoms with E-state index in [-0.39, 0.29) is 17.6 Å². The first-order chi connectivity index (χ1) is 8.43. The lowest BCUT2D eigenvalue weighted by molar-refractivity contribution is -0.125. The molecule has 0 saturated heterocycles. The van der Waals surface area contributed by atoms with Gasteiger partial charge >= 0.3 is 0 Å². The number of benzene rings is 1. The van der Waals surface area contributed by atoms with Crippen LogP contribution in [-0.4, -0.2) is 11.9 Å². The second-order valence-electron chi connectivity index (χ2n) is 4.99. The lowest BCUT2D eigenvalue weighted by Crippen LogP contribution is -2.44. The van der Waals surface area contributed by atoms with Gasteiger partial charge in [-0.05, 0) is 38.0 Å². The Morgan fingerprint density at radius 2 is 2.33 bits per heavy atom. The van der Waals surface area contributed by atoms with Crippen molar-refractivity contribution in [2.24, 2.45) is 11.1 Å². The highest BCUT2D eigenvalue weighted by atomic mass is 79.9. The Morgan fingerprint density at radius 3 is 2.94 bits per heavy atom. The normalized spacial score (nSPS) is 27.2. The Hall–Kier alpha value is -0.940. The van der Waals surface area contributed by atoms with Gasteiger partial charge in [-0.25, -0.2) is 4.39 Å². The topological polar surface area (TPSA) is 55.1 Å². The Balaban J connectivity index is 2.19. The maximum absolute atomic E-state index is 13.6. The van der Waals surface area contributed by atoms with Gasteiger partial charge in [0.25, 0.3) is 0 Å². The first kappa shape index (κ1) is 13.5. The number of carbonyl (C=O) groups excluding carboxylic acids is 1. The van der Waals surface area contributed by atoms with Crippen molar-refractivity contribution in [2.45, 2.75) is 32.2 Å². The Labute approximate surface area is 114 Å². The van der Waals surface area contributed by atoms with Crippen LogP contribution in [0.5, 0.6) is 0 Å². The summed E-state index contributed by atoms with van der Waals surface area (Å²) in [5.41, 5.74) is 5.56. The molecule has 3 N–H and O–H groups in total. The van der Waals surface area contributed by atoms with E-state index in [1.54, 1.807) is 12.1 Å². The first-order valence-corrected chi connectivity index (χ1v) is 6.75. The zero-order valence-corrected chi connectivity index (χ0v) is 11.8. The molecule has 5 heteroatoms. The molecule has 0 aromatic heterocycles. The maximum atomic E-state index is 13.6. The van der Waals surface area contributed by atoms with Gasteiger partial charge in [-0.1, -0.05) is 22.4 Å². The molecule has 2 unspecified atom stereocenters. The minimum Gasteiger partial charge on any atom is -0.327 e. The van der Waals surface area contributed by atoms with Crippen molar-refractivity contribution >= 4 is 27.5 Å². The van der Waals surface area contributed by atoms with E-state index in [0.717, 1.165) is 23.7 Å². The number of anilines is 1. The molecule has 0 bridgehead atoms. The highest BCUT2D eigenvalue weighted by molar-refractivity contribution is 9.10. The van der Waals surface area contributed by atoms with Crippen molar-refractivity contribution in [1.29, 1.82) is 0 Å². The molecule has 1 fully saturated rings. The number of halogens is 2. The van der Waals surface area contributed by atoms with Crippen LogP contribution in [0.15, 0.2) is 22.7 Å². The van der Waals surface area contributed by atoms with Crippen LogP contribution in [0.1, 0.15) is 26.2 Å². The molecule has 1 aromatic rings. The van der Waals surface area contributed by atoms with E-state index < -0.39 is 11.2 Å². The summed E-state index contributed by atoms with van der Waals surface area (Å²) < 4.78 is 14.3. The van der Waals surface area contributed by atoms with E-state index in [0.29, 0.717) is 0 Å². The second kappa shape index (κ2) is 4.97. The van der Waals surface area contributed by atoms with Crippen LogP contribution in [0.3, 0.4) is 0 Å². The Bertz CT molecular complexity index is 480. The fraction of sp³-hybridized carbons (Fsp3) is 0.462. The fourth-order valence-corrected chi connectivity index (χ4v) is 2.69. The van der Waals surface area contributed by atoms with Crippen LogP contribution in [0, 0.1) is 11.2 Å². The van der Waals surface area contributed by atoms with E-state index in [1.807, 2.05) is 6.92 Å². The van der Waals surface area contributed by atoms with Gasteiger partial charge in [0, 0.05) is 10.5 Å². The van der Waals surface area contributed by atoms with E-state index in [4.69, 9.17) is 5.73 Å². The SMILES string of the molecule is CC1(C(=O)Nc2cc(Br)ccc2F)CCCC1N. The minimum absolute atomic E-state index is 0.160. The zero-order chi connectivity index (χ0) is 13.3. The van der Waals surface area contributed by atoms with Crippen molar-refractivity contribution in [3.63, 3.8) is 0 Å². The minimum atomic E-state index is -0.602. The molecule has 0 aliphatic heterocycles. The van der Waals surface area contributed by atoms with Gasteiger partial charge in [0.1, 0.15) is 5.82 Å². The van der Waals surface area contributed by atoms with E-state index in [2.05, 4.69) is 21.2 Å². The third kappa shape index (κ3) is 2.42. The van der Waals surface area contributed by atoms with Crippen molar-refractivity contribution in [2.75, 3.05) is 5.32 Å². The lowest BCUT2D eigenvalue weighted by atomic mass is 9.84. The third-order valence-electron chi connectivity index (χ3n) is 3.72.